The van der Waals surface area contributed by atoms with Gasteiger partial charge in [0.1, 0.15) is 0 Å². The van der Waals surface area contributed by atoms with Crippen molar-refractivity contribution in [3.63, 3.8) is 0 Å². The Labute approximate surface area is 205 Å². The van der Waals surface area contributed by atoms with Gasteiger partial charge in [0, 0.05) is 9.84 Å². The highest BCUT2D eigenvalue weighted by Gasteiger charge is 2.65. The number of carbonyl (C=O) groups excluding carboxylic acids is 1. The maximum absolute atomic E-state index is 12.2. The Balaban J connectivity index is 1.53. The third-order valence-electron chi connectivity index (χ3n) is 11.2. The fraction of sp³-hybridized carbons (Fsp3) is 0.964. The predicted octanol–water partition coefficient (Wildman–Crippen LogP) is 8.07. The van der Waals surface area contributed by atoms with E-state index >= 15 is 0 Å². The lowest BCUT2D eigenvalue weighted by Crippen LogP contribution is -2.57. The first kappa shape index (κ1) is 24.3. The maximum atomic E-state index is 12.2. The van der Waals surface area contributed by atoms with Gasteiger partial charge in [0.25, 0.3) is 0 Å². The Morgan fingerprint density at radius 3 is 2.45 bits per heavy atom. The van der Waals surface area contributed by atoms with E-state index in [-0.39, 0.29) is 16.8 Å². The van der Waals surface area contributed by atoms with Crippen molar-refractivity contribution in [2.45, 2.75) is 105 Å². The quantitative estimate of drug-likeness (QED) is 0.185. The van der Waals surface area contributed by atoms with E-state index in [1.54, 1.807) is 0 Å². The van der Waals surface area contributed by atoms with Gasteiger partial charge in [-0.1, -0.05) is 76.5 Å². The van der Waals surface area contributed by atoms with E-state index in [4.69, 9.17) is 4.74 Å². The molecule has 3 aliphatic carbocycles. The first-order chi connectivity index (χ1) is 14.7. The van der Waals surface area contributed by atoms with E-state index in [1.807, 2.05) is 0 Å². The van der Waals surface area contributed by atoms with Crippen LogP contribution in [0.2, 0.25) is 0 Å². The van der Waals surface area contributed by atoms with Gasteiger partial charge in [-0.25, -0.2) is 0 Å². The Bertz CT molecular complexity index is 661. The van der Waals surface area contributed by atoms with Crippen LogP contribution in [-0.2, 0) is 9.53 Å². The van der Waals surface area contributed by atoms with Crippen LogP contribution in [-0.4, -0.2) is 17.0 Å². The van der Waals surface area contributed by atoms with Crippen LogP contribution in [0, 0.1) is 51.8 Å². The molecular weight excluding hydrogens is 495 g/mol. The van der Waals surface area contributed by atoms with Crippen molar-refractivity contribution in [3.05, 3.63) is 0 Å². The third-order valence-corrected chi connectivity index (χ3v) is 11.8. The molecule has 0 aromatic carbocycles. The van der Waals surface area contributed by atoms with Gasteiger partial charge in [-0.2, -0.15) is 0 Å². The standard InChI is InChI=1S/C28H47IO2/c1-19(2)7-6-8-20(3)22-9-10-23-21-11-14-28(17-25(30)31-18-28)27(5,15-16-29)24(21)12-13-26(22,23)4/h19-24H,6-18H2,1-5H3/t20-,21+,22-,23+,24+,26-,27-,28-/m1/s1. The van der Waals surface area contributed by atoms with Crippen LogP contribution in [0.3, 0.4) is 0 Å². The van der Waals surface area contributed by atoms with Gasteiger partial charge in [0.2, 0.25) is 0 Å². The smallest absolute Gasteiger partial charge is 0.306 e. The van der Waals surface area contributed by atoms with E-state index < -0.39 is 0 Å². The van der Waals surface area contributed by atoms with E-state index in [1.165, 1.54) is 68.6 Å². The molecule has 0 unspecified atom stereocenters. The van der Waals surface area contributed by atoms with Gasteiger partial charge in [-0.3, -0.25) is 4.79 Å². The summed E-state index contributed by atoms with van der Waals surface area (Å²) in [6.07, 6.45) is 14.4. The van der Waals surface area contributed by atoms with Crippen LogP contribution in [0.25, 0.3) is 0 Å². The molecule has 2 nitrogen and oxygen atoms in total. The average molecular weight is 543 g/mol. The first-order valence-corrected chi connectivity index (χ1v) is 14.9. The Hall–Kier alpha value is 0.200. The highest BCUT2D eigenvalue weighted by atomic mass is 127. The number of cyclic esters (lactones) is 1. The fourth-order valence-electron chi connectivity index (χ4n) is 9.40. The SMILES string of the molecule is CC(C)CCC[C@@H](C)[C@H]1CC[C@H]2[C@@H]3CC[C@@]4(COC(=O)C4)[C@](C)(CCI)[C@H]3CC[C@]12C. The summed E-state index contributed by atoms with van der Waals surface area (Å²) in [6, 6.07) is 0. The van der Waals surface area contributed by atoms with Gasteiger partial charge in [-0.15, -0.1) is 0 Å². The summed E-state index contributed by atoms with van der Waals surface area (Å²) in [7, 11) is 0. The number of hydrogen-bond acceptors (Lipinski definition) is 2. The van der Waals surface area contributed by atoms with Crippen molar-refractivity contribution in [2.24, 2.45) is 51.8 Å². The number of rotatable bonds is 7. The molecule has 1 heterocycles. The van der Waals surface area contributed by atoms with Crippen LogP contribution >= 0.6 is 22.6 Å². The zero-order valence-corrected chi connectivity index (χ0v) is 23.0. The molecule has 4 aliphatic rings. The molecule has 8 atom stereocenters. The lowest BCUT2D eigenvalue weighted by Gasteiger charge is -2.62. The second-order valence-corrected chi connectivity index (χ2v) is 14.0. The second-order valence-electron chi connectivity index (χ2n) is 12.9. The van der Waals surface area contributed by atoms with Crippen molar-refractivity contribution < 1.29 is 9.53 Å². The van der Waals surface area contributed by atoms with E-state index in [0.717, 1.165) is 35.5 Å². The van der Waals surface area contributed by atoms with Crippen molar-refractivity contribution in [1.82, 2.24) is 0 Å². The molecule has 178 valence electrons. The molecule has 0 bridgehead atoms. The van der Waals surface area contributed by atoms with Gasteiger partial charge < -0.3 is 4.74 Å². The molecule has 31 heavy (non-hydrogen) atoms. The molecule has 1 spiro atoms. The van der Waals surface area contributed by atoms with Crippen LogP contribution in [0.4, 0.5) is 0 Å². The van der Waals surface area contributed by atoms with Crippen LogP contribution in [0.1, 0.15) is 105 Å². The summed E-state index contributed by atoms with van der Waals surface area (Å²) in [5.41, 5.74) is 0.939. The number of hydrogen-bond donors (Lipinski definition) is 0. The molecule has 0 aromatic rings. The number of ether oxygens (including phenoxy) is 1. The Morgan fingerprint density at radius 1 is 1.03 bits per heavy atom. The minimum absolute atomic E-state index is 0.0648. The first-order valence-electron chi connectivity index (χ1n) is 13.4. The summed E-state index contributed by atoms with van der Waals surface area (Å²) in [5.74, 6) is 5.28. The zero-order valence-electron chi connectivity index (χ0n) is 20.9. The van der Waals surface area contributed by atoms with Crippen LogP contribution in [0.5, 0.6) is 0 Å². The number of fused-ring (bicyclic) bond motifs is 3. The van der Waals surface area contributed by atoms with E-state index in [2.05, 4.69) is 57.2 Å². The van der Waals surface area contributed by atoms with Crippen molar-refractivity contribution in [2.75, 3.05) is 11.0 Å². The highest BCUT2D eigenvalue weighted by Crippen LogP contribution is 2.70. The van der Waals surface area contributed by atoms with Crippen molar-refractivity contribution >= 4 is 28.6 Å². The normalized spacial score (nSPS) is 45.6. The maximum Gasteiger partial charge on any atom is 0.306 e. The van der Waals surface area contributed by atoms with E-state index in [9.17, 15) is 4.79 Å². The minimum atomic E-state index is 0.0648. The van der Waals surface area contributed by atoms with Crippen LogP contribution < -0.4 is 0 Å². The fourth-order valence-corrected chi connectivity index (χ4v) is 10.5. The highest BCUT2D eigenvalue weighted by molar-refractivity contribution is 14.1. The van der Waals surface area contributed by atoms with Gasteiger partial charge in [-0.05, 0) is 91.3 Å². The summed E-state index contributed by atoms with van der Waals surface area (Å²) in [4.78, 5) is 12.2. The van der Waals surface area contributed by atoms with E-state index in [0.29, 0.717) is 18.4 Å². The molecule has 3 heteroatoms. The number of halogens is 1. The topological polar surface area (TPSA) is 26.3 Å². The number of esters is 1. The third kappa shape index (κ3) is 4.03. The molecule has 3 saturated carbocycles. The largest absolute Gasteiger partial charge is 0.465 e. The summed E-state index contributed by atoms with van der Waals surface area (Å²) in [5, 5.41) is 0. The Kier molecular flexibility index (Phi) is 7.14. The predicted molar refractivity (Wildman–Crippen MR) is 137 cm³/mol. The molecule has 4 rings (SSSR count). The summed E-state index contributed by atoms with van der Waals surface area (Å²) in [6.45, 7) is 13.2. The Morgan fingerprint density at radius 2 is 1.81 bits per heavy atom. The lowest BCUT2D eigenvalue weighted by atomic mass is 9.42. The second kappa shape index (κ2) is 9.10. The molecular formula is C28H47IO2. The monoisotopic (exact) mass is 542 g/mol. The molecule has 4 fully saturated rings. The minimum Gasteiger partial charge on any atom is -0.465 e. The van der Waals surface area contributed by atoms with Crippen molar-refractivity contribution in [3.8, 4) is 0 Å². The molecule has 1 aliphatic heterocycles. The number of carbonyl (C=O) groups is 1. The molecule has 0 aromatic heterocycles. The van der Waals surface area contributed by atoms with Crippen molar-refractivity contribution in [1.29, 1.82) is 0 Å². The average Bonchev–Trinajstić information content (AvgIpc) is 3.26. The van der Waals surface area contributed by atoms with Gasteiger partial charge in [0.15, 0.2) is 0 Å². The summed E-state index contributed by atoms with van der Waals surface area (Å²) >= 11 is 2.58. The zero-order chi connectivity index (χ0) is 22.4. The lowest BCUT2D eigenvalue weighted by molar-refractivity contribution is -0.143. The molecule has 1 saturated heterocycles. The van der Waals surface area contributed by atoms with Gasteiger partial charge >= 0.3 is 5.97 Å². The molecule has 0 radical (unpaired) electrons. The van der Waals surface area contributed by atoms with Gasteiger partial charge in [0.05, 0.1) is 13.0 Å². The molecule has 0 amide bonds. The van der Waals surface area contributed by atoms with Crippen LogP contribution in [0.15, 0.2) is 0 Å². The number of alkyl halides is 1. The summed E-state index contributed by atoms with van der Waals surface area (Å²) < 4.78 is 6.83. The molecule has 0 N–H and O–H groups in total.